The summed E-state index contributed by atoms with van der Waals surface area (Å²) in [6, 6.07) is 16.9. The molecule has 2 heterocycles. The molecule has 166 valence electrons. The van der Waals surface area contributed by atoms with E-state index in [0.717, 1.165) is 63.2 Å². The van der Waals surface area contributed by atoms with E-state index in [2.05, 4.69) is 27.2 Å². The fraction of sp³-hybridized carbons (Fsp3) is 0.480. The van der Waals surface area contributed by atoms with Gasteiger partial charge in [-0.1, -0.05) is 30.3 Å². The number of carbonyl (C=O) groups is 1. The van der Waals surface area contributed by atoms with Crippen LogP contribution in [-0.2, 0) is 14.9 Å². The van der Waals surface area contributed by atoms with Crippen molar-refractivity contribution in [2.24, 2.45) is 0 Å². The van der Waals surface area contributed by atoms with Crippen molar-refractivity contribution in [3.05, 3.63) is 66.0 Å². The Balaban J connectivity index is 1.22. The van der Waals surface area contributed by atoms with Crippen LogP contribution < -0.4 is 10.2 Å². The first-order valence-electron chi connectivity index (χ1n) is 11.3. The zero-order valence-electron chi connectivity index (χ0n) is 18.1. The highest BCUT2D eigenvalue weighted by molar-refractivity contribution is 5.88. The number of amides is 1. The van der Waals surface area contributed by atoms with E-state index in [1.54, 1.807) is 0 Å². The molecule has 2 aliphatic heterocycles. The SMILES string of the molecule is O=C(NCCCN1CCN(c2ccc(F)cc2)CC1)C1(c2ccccc2)CCOCC1. The first kappa shape index (κ1) is 21.8. The van der Waals surface area contributed by atoms with E-state index < -0.39 is 5.41 Å². The summed E-state index contributed by atoms with van der Waals surface area (Å²) in [7, 11) is 0. The number of nitrogens with zero attached hydrogens (tertiary/aromatic N) is 2. The van der Waals surface area contributed by atoms with Gasteiger partial charge in [0.15, 0.2) is 0 Å². The Bertz CT molecular complexity index is 830. The second-order valence-corrected chi connectivity index (χ2v) is 8.48. The van der Waals surface area contributed by atoms with Crippen LogP contribution in [0.2, 0.25) is 0 Å². The molecule has 4 rings (SSSR count). The van der Waals surface area contributed by atoms with Gasteiger partial charge in [0.25, 0.3) is 0 Å². The van der Waals surface area contributed by atoms with E-state index >= 15 is 0 Å². The van der Waals surface area contributed by atoms with Crippen LogP contribution >= 0.6 is 0 Å². The van der Waals surface area contributed by atoms with Gasteiger partial charge in [-0.2, -0.15) is 0 Å². The lowest BCUT2D eigenvalue weighted by Crippen LogP contribution is -2.49. The van der Waals surface area contributed by atoms with Gasteiger partial charge in [-0.3, -0.25) is 9.69 Å². The molecule has 1 N–H and O–H groups in total. The lowest BCUT2D eigenvalue weighted by Gasteiger charge is -2.37. The topological polar surface area (TPSA) is 44.8 Å². The number of hydrogen-bond donors (Lipinski definition) is 1. The Morgan fingerprint density at radius 3 is 2.32 bits per heavy atom. The van der Waals surface area contributed by atoms with Crippen LogP contribution in [0, 0.1) is 5.82 Å². The summed E-state index contributed by atoms with van der Waals surface area (Å²) in [5, 5.41) is 3.20. The maximum absolute atomic E-state index is 13.2. The predicted molar refractivity (Wildman–Crippen MR) is 121 cm³/mol. The van der Waals surface area contributed by atoms with Crippen LogP contribution in [0.3, 0.4) is 0 Å². The Morgan fingerprint density at radius 1 is 0.968 bits per heavy atom. The third-order valence-electron chi connectivity index (χ3n) is 6.61. The molecule has 0 aliphatic carbocycles. The number of carbonyl (C=O) groups excluding carboxylic acids is 1. The average Bonchev–Trinajstić information content (AvgIpc) is 2.83. The fourth-order valence-electron chi connectivity index (χ4n) is 4.68. The molecule has 1 amide bonds. The van der Waals surface area contributed by atoms with Crippen molar-refractivity contribution >= 4 is 11.6 Å². The van der Waals surface area contributed by atoms with Crippen molar-refractivity contribution in [1.82, 2.24) is 10.2 Å². The number of hydrogen-bond acceptors (Lipinski definition) is 4. The molecule has 0 aromatic heterocycles. The molecule has 0 bridgehead atoms. The molecule has 2 fully saturated rings. The van der Waals surface area contributed by atoms with Crippen molar-refractivity contribution in [1.29, 1.82) is 0 Å². The minimum Gasteiger partial charge on any atom is -0.381 e. The largest absolute Gasteiger partial charge is 0.381 e. The molecule has 0 atom stereocenters. The molecule has 2 aromatic carbocycles. The second-order valence-electron chi connectivity index (χ2n) is 8.48. The number of nitrogens with one attached hydrogen (secondary N) is 1. The summed E-state index contributed by atoms with van der Waals surface area (Å²) in [4.78, 5) is 17.9. The van der Waals surface area contributed by atoms with Gasteiger partial charge in [0, 0.05) is 51.6 Å². The van der Waals surface area contributed by atoms with Gasteiger partial charge < -0.3 is 15.0 Å². The Kier molecular flexibility index (Phi) is 7.20. The molecular formula is C25H32FN3O2. The Morgan fingerprint density at radius 2 is 1.65 bits per heavy atom. The summed E-state index contributed by atoms with van der Waals surface area (Å²) >= 11 is 0. The van der Waals surface area contributed by atoms with Crippen molar-refractivity contribution in [3.8, 4) is 0 Å². The molecule has 5 nitrogen and oxygen atoms in total. The van der Waals surface area contributed by atoms with E-state index in [9.17, 15) is 9.18 Å². The molecule has 0 spiro atoms. The third kappa shape index (κ3) is 5.25. The average molecular weight is 426 g/mol. The highest BCUT2D eigenvalue weighted by Gasteiger charge is 2.41. The standard InChI is InChI=1S/C25H32FN3O2/c26-22-7-9-23(10-8-22)29-17-15-28(16-18-29)14-4-13-27-24(30)25(11-19-31-20-12-25)21-5-2-1-3-6-21/h1-3,5-10H,4,11-20H2,(H,27,30). The van der Waals surface area contributed by atoms with E-state index in [0.29, 0.717) is 19.8 Å². The van der Waals surface area contributed by atoms with Crippen LogP contribution in [-0.4, -0.2) is 63.3 Å². The van der Waals surface area contributed by atoms with Crippen LogP contribution in [0.25, 0.3) is 0 Å². The quantitative estimate of drug-likeness (QED) is 0.692. The minimum absolute atomic E-state index is 0.128. The fourth-order valence-corrected chi connectivity index (χ4v) is 4.68. The first-order chi connectivity index (χ1) is 15.2. The Hall–Kier alpha value is -2.44. The molecule has 2 aliphatic rings. The summed E-state index contributed by atoms with van der Waals surface area (Å²) in [6.45, 7) is 6.75. The maximum atomic E-state index is 13.2. The first-order valence-corrected chi connectivity index (χ1v) is 11.3. The van der Waals surface area contributed by atoms with E-state index in [4.69, 9.17) is 4.74 Å². The lowest BCUT2D eigenvalue weighted by molar-refractivity contribution is -0.130. The molecule has 6 heteroatoms. The normalized spacial score (nSPS) is 19.2. The monoisotopic (exact) mass is 425 g/mol. The summed E-state index contributed by atoms with van der Waals surface area (Å²) in [5.74, 6) is -0.0673. The minimum atomic E-state index is -0.472. The lowest BCUT2D eigenvalue weighted by atomic mass is 9.73. The van der Waals surface area contributed by atoms with Gasteiger partial charge in [0.1, 0.15) is 5.82 Å². The van der Waals surface area contributed by atoms with Crippen molar-refractivity contribution in [3.63, 3.8) is 0 Å². The van der Waals surface area contributed by atoms with Crippen molar-refractivity contribution in [2.45, 2.75) is 24.7 Å². The Labute approximate surface area is 184 Å². The van der Waals surface area contributed by atoms with Gasteiger partial charge in [-0.05, 0) is 55.6 Å². The number of halogens is 1. The highest BCUT2D eigenvalue weighted by atomic mass is 19.1. The molecule has 2 aromatic rings. The zero-order chi connectivity index (χ0) is 21.5. The second kappa shape index (κ2) is 10.2. The van der Waals surface area contributed by atoms with E-state index in [1.807, 2.05) is 30.3 Å². The highest BCUT2D eigenvalue weighted by Crippen LogP contribution is 2.35. The summed E-state index contributed by atoms with van der Waals surface area (Å²) < 4.78 is 18.7. The van der Waals surface area contributed by atoms with Crippen LogP contribution in [0.5, 0.6) is 0 Å². The molecule has 2 saturated heterocycles. The number of rotatable bonds is 7. The molecular weight excluding hydrogens is 393 g/mol. The molecule has 0 radical (unpaired) electrons. The van der Waals surface area contributed by atoms with Gasteiger partial charge in [-0.25, -0.2) is 4.39 Å². The third-order valence-corrected chi connectivity index (χ3v) is 6.61. The molecule has 0 unspecified atom stereocenters. The number of ether oxygens (including phenoxy) is 1. The zero-order valence-corrected chi connectivity index (χ0v) is 18.1. The van der Waals surface area contributed by atoms with Crippen LogP contribution in [0.15, 0.2) is 54.6 Å². The molecule has 0 saturated carbocycles. The predicted octanol–water partition coefficient (Wildman–Crippen LogP) is 3.20. The number of anilines is 1. The number of piperazine rings is 1. The van der Waals surface area contributed by atoms with Crippen LogP contribution in [0.4, 0.5) is 10.1 Å². The van der Waals surface area contributed by atoms with Crippen molar-refractivity contribution < 1.29 is 13.9 Å². The number of benzene rings is 2. The summed E-state index contributed by atoms with van der Waals surface area (Å²) in [6.07, 6.45) is 2.39. The summed E-state index contributed by atoms with van der Waals surface area (Å²) in [5.41, 5.74) is 1.70. The van der Waals surface area contributed by atoms with Gasteiger partial charge >= 0.3 is 0 Å². The maximum Gasteiger partial charge on any atom is 0.230 e. The van der Waals surface area contributed by atoms with Crippen molar-refractivity contribution in [2.75, 3.05) is 57.4 Å². The van der Waals surface area contributed by atoms with E-state index in [-0.39, 0.29) is 11.7 Å². The smallest absolute Gasteiger partial charge is 0.230 e. The van der Waals surface area contributed by atoms with Gasteiger partial charge in [0.2, 0.25) is 5.91 Å². The van der Waals surface area contributed by atoms with Gasteiger partial charge in [-0.15, -0.1) is 0 Å². The van der Waals surface area contributed by atoms with Crippen LogP contribution in [0.1, 0.15) is 24.8 Å². The van der Waals surface area contributed by atoms with E-state index in [1.165, 1.54) is 12.1 Å². The molecule has 31 heavy (non-hydrogen) atoms. The van der Waals surface area contributed by atoms with Gasteiger partial charge in [0.05, 0.1) is 5.41 Å².